The van der Waals surface area contributed by atoms with Crippen molar-refractivity contribution in [2.75, 3.05) is 13.2 Å². The molecule has 1 aliphatic rings. The molecule has 1 saturated heterocycles. The lowest BCUT2D eigenvalue weighted by Gasteiger charge is -2.17. The molecule has 0 aromatic heterocycles. The first-order chi connectivity index (χ1) is 12.4. The second-order valence-electron chi connectivity index (χ2n) is 6.09. The van der Waals surface area contributed by atoms with Crippen molar-refractivity contribution in [1.29, 1.82) is 0 Å². The number of nitrogens with one attached hydrogen (secondary N) is 1. The Bertz CT molecular complexity index is 723. The van der Waals surface area contributed by atoms with Crippen molar-refractivity contribution in [3.63, 3.8) is 0 Å². The maximum absolute atomic E-state index is 12.4. The molecule has 0 bridgehead atoms. The lowest BCUT2D eigenvalue weighted by Crippen LogP contribution is -2.42. The van der Waals surface area contributed by atoms with Crippen LogP contribution in [0.5, 0.6) is 11.5 Å². The van der Waals surface area contributed by atoms with Gasteiger partial charge in [0.2, 0.25) is 0 Å². The predicted octanol–water partition coefficient (Wildman–Crippen LogP) is 3.58. The summed E-state index contributed by atoms with van der Waals surface area (Å²) in [5.41, 5.74) is -0.339. The monoisotopic (exact) mass is 381 g/mol. The first-order valence-corrected chi connectivity index (χ1v) is 9.03. The normalized spacial score (nSPS) is 20.0. The van der Waals surface area contributed by atoms with Gasteiger partial charge < -0.3 is 14.8 Å². The summed E-state index contributed by atoms with van der Waals surface area (Å²) in [6.07, 6.45) is 2.72. The molecule has 8 heteroatoms. The van der Waals surface area contributed by atoms with Crippen LogP contribution in [-0.2, 0) is 4.79 Å². The molecule has 0 spiro atoms. The number of hydrazone groups is 1. The molecule has 1 atom stereocenters. The summed E-state index contributed by atoms with van der Waals surface area (Å²) in [5, 5.41) is 7.88. The number of urea groups is 1. The molecule has 7 nitrogen and oxygen atoms in total. The maximum Gasteiger partial charge on any atom is 0.346 e. The fourth-order valence-corrected chi connectivity index (χ4v) is 2.68. The number of rotatable bonds is 8. The number of benzene rings is 1. The molecule has 26 heavy (non-hydrogen) atoms. The quantitative estimate of drug-likeness (QED) is 0.551. The van der Waals surface area contributed by atoms with E-state index in [1.165, 1.54) is 6.21 Å². The van der Waals surface area contributed by atoms with E-state index >= 15 is 0 Å². The Kier molecular flexibility index (Phi) is 6.47. The highest BCUT2D eigenvalue weighted by molar-refractivity contribution is 6.32. The largest absolute Gasteiger partial charge is 0.490 e. The first kappa shape index (κ1) is 20.0. The predicted molar refractivity (Wildman–Crippen MR) is 100 cm³/mol. The van der Waals surface area contributed by atoms with Gasteiger partial charge in [-0.15, -0.1) is 5.01 Å². The van der Waals surface area contributed by atoms with Crippen molar-refractivity contribution in [3.8, 4) is 11.5 Å². The number of imide groups is 1. The Morgan fingerprint density at radius 3 is 2.58 bits per heavy atom. The molecule has 1 aromatic carbocycles. The van der Waals surface area contributed by atoms with Gasteiger partial charge in [-0.2, -0.15) is 5.10 Å². The highest BCUT2D eigenvalue weighted by Gasteiger charge is 2.46. The van der Waals surface area contributed by atoms with Crippen LogP contribution in [0.4, 0.5) is 4.79 Å². The van der Waals surface area contributed by atoms with Crippen LogP contribution < -0.4 is 14.8 Å². The number of ether oxygens (including phenoxy) is 2. The van der Waals surface area contributed by atoms with Crippen LogP contribution in [-0.4, -0.2) is 41.9 Å². The Hall–Kier alpha value is -2.28. The Morgan fingerprint density at radius 2 is 2.00 bits per heavy atom. The van der Waals surface area contributed by atoms with Gasteiger partial charge in [-0.05, 0) is 44.4 Å². The number of halogens is 1. The van der Waals surface area contributed by atoms with Crippen LogP contribution in [0.3, 0.4) is 0 Å². The fraction of sp³-hybridized carbons (Fsp3) is 0.500. The van der Waals surface area contributed by atoms with E-state index in [1.807, 2.05) is 20.8 Å². The molecule has 3 amide bonds. The van der Waals surface area contributed by atoms with E-state index in [4.69, 9.17) is 21.1 Å². The van der Waals surface area contributed by atoms with Crippen LogP contribution in [0.25, 0.3) is 0 Å². The van der Waals surface area contributed by atoms with Gasteiger partial charge in [0, 0.05) is 0 Å². The first-order valence-electron chi connectivity index (χ1n) is 8.66. The van der Waals surface area contributed by atoms with E-state index in [9.17, 15) is 9.59 Å². The van der Waals surface area contributed by atoms with E-state index in [-0.39, 0.29) is 5.91 Å². The second kappa shape index (κ2) is 8.40. The molecule has 0 saturated carbocycles. The van der Waals surface area contributed by atoms with Gasteiger partial charge in [0.1, 0.15) is 5.54 Å². The molecule has 0 aliphatic carbocycles. The number of nitrogens with zero attached hydrogens (tertiary/aromatic N) is 2. The Labute approximate surface area is 158 Å². The van der Waals surface area contributed by atoms with E-state index in [0.717, 1.165) is 11.4 Å². The summed E-state index contributed by atoms with van der Waals surface area (Å²) in [4.78, 5) is 24.4. The highest BCUT2D eigenvalue weighted by atomic mass is 35.5. The van der Waals surface area contributed by atoms with Crippen molar-refractivity contribution in [2.45, 2.75) is 46.1 Å². The van der Waals surface area contributed by atoms with Crippen molar-refractivity contribution < 1.29 is 19.1 Å². The molecule has 1 heterocycles. The van der Waals surface area contributed by atoms with Crippen molar-refractivity contribution in [1.82, 2.24) is 10.3 Å². The van der Waals surface area contributed by atoms with Gasteiger partial charge in [0.25, 0.3) is 5.91 Å². The minimum absolute atomic E-state index is 0.376. The lowest BCUT2D eigenvalue weighted by atomic mass is 10.00. The van der Waals surface area contributed by atoms with Gasteiger partial charge in [-0.3, -0.25) is 4.79 Å². The molecule has 1 aromatic rings. The van der Waals surface area contributed by atoms with Crippen molar-refractivity contribution >= 4 is 29.8 Å². The molecule has 1 fully saturated rings. The van der Waals surface area contributed by atoms with E-state index in [1.54, 1.807) is 19.1 Å². The molecular weight excluding hydrogens is 358 g/mol. The van der Waals surface area contributed by atoms with Gasteiger partial charge in [0.15, 0.2) is 11.5 Å². The average molecular weight is 382 g/mol. The van der Waals surface area contributed by atoms with Crippen LogP contribution >= 0.6 is 11.6 Å². The summed E-state index contributed by atoms with van der Waals surface area (Å²) in [7, 11) is 0. The topological polar surface area (TPSA) is 80.2 Å². The smallest absolute Gasteiger partial charge is 0.346 e. The van der Waals surface area contributed by atoms with Gasteiger partial charge >= 0.3 is 6.03 Å². The van der Waals surface area contributed by atoms with E-state index in [0.29, 0.717) is 41.7 Å². The second-order valence-corrected chi connectivity index (χ2v) is 6.50. The third kappa shape index (κ3) is 4.09. The van der Waals surface area contributed by atoms with Crippen LogP contribution in [0, 0.1) is 0 Å². The zero-order chi connectivity index (χ0) is 19.3. The van der Waals surface area contributed by atoms with E-state index < -0.39 is 11.6 Å². The summed E-state index contributed by atoms with van der Waals surface area (Å²) in [6, 6.07) is 2.81. The van der Waals surface area contributed by atoms with Gasteiger partial charge in [0.05, 0.1) is 24.5 Å². The molecule has 1 unspecified atom stereocenters. The minimum Gasteiger partial charge on any atom is -0.490 e. The molecule has 1 aliphatic heterocycles. The van der Waals surface area contributed by atoms with Crippen LogP contribution in [0.1, 0.15) is 46.1 Å². The Morgan fingerprint density at radius 1 is 1.27 bits per heavy atom. The lowest BCUT2D eigenvalue weighted by molar-refractivity contribution is -0.130. The fourth-order valence-electron chi connectivity index (χ4n) is 2.41. The number of amides is 3. The molecule has 2 rings (SSSR count). The van der Waals surface area contributed by atoms with Crippen LogP contribution in [0.2, 0.25) is 5.02 Å². The summed E-state index contributed by atoms with van der Waals surface area (Å²) in [6.45, 7) is 8.32. The summed E-state index contributed by atoms with van der Waals surface area (Å²) in [5.74, 6) is 0.576. The number of hydrogen-bond acceptors (Lipinski definition) is 5. The number of carbonyl (C=O) groups is 2. The van der Waals surface area contributed by atoms with Gasteiger partial charge in [-0.25, -0.2) is 4.79 Å². The maximum atomic E-state index is 12.4. The standard InChI is InChI=1S/C18H24ClN3O4/c1-5-8-26-15-13(19)9-12(10-14(15)25-7-3)11-20-22-16(23)18(4,6-2)21-17(22)24/h9-11H,5-8H2,1-4H3,(H,21,24)/b20-11+. The third-order valence-electron chi connectivity index (χ3n) is 4.05. The van der Waals surface area contributed by atoms with Crippen molar-refractivity contribution in [2.24, 2.45) is 5.10 Å². The average Bonchev–Trinajstić information content (AvgIpc) is 2.82. The van der Waals surface area contributed by atoms with E-state index in [2.05, 4.69) is 10.4 Å². The van der Waals surface area contributed by atoms with Gasteiger partial charge in [-0.1, -0.05) is 25.4 Å². The number of hydrogen-bond donors (Lipinski definition) is 1. The zero-order valence-electron chi connectivity index (χ0n) is 15.5. The summed E-state index contributed by atoms with van der Waals surface area (Å²) < 4.78 is 11.2. The number of carbonyl (C=O) groups excluding carboxylic acids is 2. The third-order valence-corrected chi connectivity index (χ3v) is 4.33. The SMILES string of the molecule is CCCOc1c(Cl)cc(/C=N/N2C(=O)NC(C)(CC)C2=O)cc1OCC. The summed E-state index contributed by atoms with van der Waals surface area (Å²) >= 11 is 6.30. The molecule has 0 radical (unpaired) electrons. The molecular formula is C18H24ClN3O4. The molecule has 142 valence electrons. The molecule has 1 N–H and O–H groups in total. The van der Waals surface area contributed by atoms with Crippen LogP contribution in [0.15, 0.2) is 17.2 Å². The Balaban J connectivity index is 2.27. The highest BCUT2D eigenvalue weighted by Crippen LogP contribution is 2.36. The zero-order valence-corrected chi connectivity index (χ0v) is 16.2. The minimum atomic E-state index is -0.930. The van der Waals surface area contributed by atoms with Crippen molar-refractivity contribution in [3.05, 3.63) is 22.7 Å².